The molecule has 2 aliphatic heterocycles. The van der Waals surface area contributed by atoms with Gasteiger partial charge in [0.25, 0.3) is 0 Å². The fourth-order valence-corrected chi connectivity index (χ4v) is 3.88. The first-order valence-corrected chi connectivity index (χ1v) is 10.8. The van der Waals surface area contributed by atoms with Gasteiger partial charge in [-0.3, -0.25) is 0 Å². The molecule has 0 N–H and O–H groups in total. The van der Waals surface area contributed by atoms with E-state index in [0.717, 1.165) is 55.4 Å². The maximum absolute atomic E-state index is 5.95. The Labute approximate surface area is 181 Å². The van der Waals surface area contributed by atoms with E-state index in [1.165, 1.54) is 5.56 Å². The highest BCUT2D eigenvalue weighted by atomic mass is 16.5. The Kier molecular flexibility index (Phi) is 5.82. The summed E-state index contributed by atoms with van der Waals surface area (Å²) in [6.07, 6.45) is 4.15. The Morgan fingerprint density at radius 1 is 1.06 bits per heavy atom. The molecule has 2 aliphatic rings. The quantitative estimate of drug-likeness (QED) is 0.606. The minimum absolute atomic E-state index is 0.111. The smallest absolute Gasteiger partial charge is 0.319 e. The summed E-state index contributed by atoms with van der Waals surface area (Å²) in [5, 5.41) is 4.76. The van der Waals surface area contributed by atoms with Crippen molar-refractivity contribution in [3.63, 3.8) is 0 Å². The average Bonchev–Trinajstić information content (AvgIpc) is 3.51. The molecule has 0 aliphatic carbocycles. The van der Waals surface area contributed by atoms with Crippen LogP contribution in [0.3, 0.4) is 0 Å². The summed E-state index contributed by atoms with van der Waals surface area (Å²) < 4.78 is 19.0. The zero-order valence-electron chi connectivity index (χ0n) is 17.7. The molecular formula is C23H27N5O3. The third-order valence-corrected chi connectivity index (χ3v) is 5.57. The zero-order valence-corrected chi connectivity index (χ0v) is 17.7. The molecule has 0 bridgehead atoms. The van der Waals surface area contributed by atoms with E-state index in [2.05, 4.69) is 33.9 Å². The van der Waals surface area contributed by atoms with E-state index in [9.17, 15) is 0 Å². The van der Waals surface area contributed by atoms with Gasteiger partial charge in [0, 0.05) is 32.0 Å². The van der Waals surface area contributed by atoms with E-state index in [1.807, 2.05) is 35.1 Å². The van der Waals surface area contributed by atoms with Crippen LogP contribution in [0, 0.1) is 6.92 Å². The van der Waals surface area contributed by atoms with Gasteiger partial charge in [0.15, 0.2) is 0 Å². The van der Waals surface area contributed by atoms with Crippen molar-refractivity contribution in [2.45, 2.75) is 25.9 Å². The number of hydrogen-bond acceptors (Lipinski definition) is 7. The molecule has 0 saturated carbocycles. The summed E-state index contributed by atoms with van der Waals surface area (Å²) in [5.74, 6) is 0.834. The van der Waals surface area contributed by atoms with Crippen molar-refractivity contribution in [2.24, 2.45) is 0 Å². The van der Waals surface area contributed by atoms with E-state index in [0.29, 0.717) is 25.8 Å². The van der Waals surface area contributed by atoms with Crippen molar-refractivity contribution in [2.75, 3.05) is 44.4 Å². The fourth-order valence-electron chi connectivity index (χ4n) is 3.88. The summed E-state index contributed by atoms with van der Waals surface area (Å²) >= 11 is 0. The van der Waals surface area contributed by atoms with E-state index in [4.69, 9.17) is 19.3 Å². The van der Waals surface area contributed by atoms with Crippen LogP contribution in [0.4, 0.5) is 5.82 Å². The van der Waals surface area contributed by atoms with Gasteiger partial charge in [-0.2, -0.15) is 15.1 Å². The third-order valence-electron chi connectivity index (χ3n) is 5.57. The number of hydrogen-bond donors (Lipinski definition) is 0. The molecule has 0 spiro atoms. The first-order chi connectivity index (χ1) is 15.2. The third kappa shape index (κ3) is 4.70. The summed E-state index contributed by atoms with van der Waals surface area (Å²) in [4.78, 5) is 11.5. The lowest BCUT2D eigenvalue weighted by Gasteiger charge is -2.28. The SMILES string of the molecule is Cc1cccc(-n2ccc(-c3cc(N4CCOCC4)nc(OCC4CCCO4)n3)n2)c1. The maximum atomic E-state index is 5.95. The Morgan fingerprint density at radius 3 is 2.77 bits per heavy atom. The van der Waals surface area contributed by atoms with Gasteiger partial charge < -0.3 is 19.1 Å². The molecule has 4 heterocycles. The van der Waals surface area contributed by atoms with E-state index in [1.54, 1.807) is 0 Å². The van der Waals surface area contributed by atoms with Gasteiger partial charge in [-0.05, 0) is 43.5 Å². The molecule has 2 aromatic heterocycles. The number of aryl methyl sites for hydroxylation is 1. The second-order valence-corrected chi connectivity index (χ2v) is 7.92. The second kappa shape index (κ2) is 9.03. The van der Waals surface area contributed by atoms with Crippen molar-refractivity contribution in [3.8, 4) is 23.1 Å². The van der Waals surface area contributed by atoms with E-state index in [-0.39, 0.29) is 6.10 Å². The monoisotopic (exact) mass is 421 g/mol. The molecular weight excluding hydrogens is 394 g/mol. The van der Waals surface area contributed by atoms with Crippen LogP contribution >= 0.6 is 0 Å². The molecule has 1 aromatic carbocycles. The Hall–Kier alpha value is -2.97. The first kappa shape index (κ1) is 20.0. The lowest BCUT2D eigenvalue weighted by Crippen LogP contribution is -2.36. The molecule has 1 unspecified atom stereocenters. The molecule has 2 fully saturated rings. The number of morpholine rings is 1. The van der Waals surface area contributed by atoms with Gasteiger partial charge in [0.2, 0.25) is 0 Å². The predicted octanol–water partition coefficient (Wildman–Crippen LogP) is 3.03. The van der Waals surface area contributed by atoms with Crippen LogP contribution in [-0.2, 0) is 9.47 Å². The minimum atomic E-state index is 0.111. The molecule has 0 radical (unpaired) electrons. The van der Waals surface area contributed by atoms with Crippen LogP contribution in [-0.4, -0.2) is 65.4 Å². The van der Waals surface area contributed by atoms with E-state index >= 15 is 0 Å². The Balaban J connectivity index is 1.44. The standard InChI is InChI=1S/C23H27N5O3/c1-17-4-2-5-18(14-17)28-8-7-20(26-28)21-15-22(27-9-12-29-13-10-27)25-23(24-21)31-16-19-6-3-11-30-19/h2,4-5,7-8,14-15,19H,3,6,9-13,16H2,1H3. The minimum Gasteiger partial charge on any atom is -0.461 e. The highest BCUT2D eigenvalue weighted by Gasteiger charge is 2.20. The molecule has 2 saturated heterocycles. The van der Waals surface area contributed by atoms with Crippen molar-refractivity contribution in [1.82, 2.24) is 19.7 Å². The lowest BCUT2D eigenvalue weighted by molar-refractivity contribution is 0.0645. The van der Waals surface area contributed by atoms with Crippen molar-refractivity contribution < 1.29 is 14.2 Å². The summed E-state index contributed by atoms with van der Waals surface area (Å²) in [6.45, 7) is 6.29. The Morgan fingerprint density at radius 2 is 1.97 bits per heavy atom. The summed E-state index contributed by atoms with van der Waals surface area (Å²) in [6, 6.07) is 12.6. The van der Waals surface area contributed by atoms with Gasteiger partial charge in [-0.1, -0.05) is 12.1 Å². The highest BCUT2D eigenvalue weighted by Crippen LogP contribution is 2.25. The number of aromatic nitrogens is 4. The number of rotatable bonds is 6. The maximum Gasteiger partial charge on any atom is 0.319 e. The molecule has 0 amide bonds. The van der Waals surface area contributed by atoms with Crippen molar-refractivity contribution in [3.05, 3.63) is 48.2 Å². The van der Waals surface area contributed by atoms with Gasteiger partial charge >= 0.3 is 6.01 Å². The van der Waals surface area contributed by atoms with Crippen molar-refractivity contribution >= 4 is 5.82 Å². The van der Waals surface area contributed by atoms with Crippen LogP contribution in [0.1, 0.15) is 18.4 Å². The van der Waals surface area contributed by atoms with Crippen LogP contribution < -0.4 is 9.64 Å². The van der Waals surface area contributed by atoms with Gasteiger partial charge in [-0.15, -0.1) is 0 Å². The molecule has 1 atom stereocenters. The van der Waals surface area contributed by atoms with Gasteiger partial charge in [-0.25, -0.2) is 4.68 Å². The topological polar surface area (TPSA) is 74.5 Å². The molecule has 162 valence electrons. The van der Waals surface area contributed by atoms with Gasteiger partial charge in [0.1, 0.15) is 18.1 Å². The zero-order chi connectivity index (χ0) is 21.0. The molecule has 31 heavy (non-hydrogen) atoms. The Bertz CT molecular complexity index is 1030. The van der Waals surface area contributed by atoms with Crippen LogP contribution in [0.25, 0.3) is 17.1 Å². The number of anilines is 1. The van der Waals surface area contributed by atoms with E-state index < -0.39 is 0 Å². The number of ether oxygens (including phenoxy) is 3. The summed E-state index contributed by atoms with van der Waals surface area (Å²) in [7, 11) is 0. The number of nitrogens with zero attached hydrogens (tertiary/aromatic N) is 5. The number of benzene rings is 1. The summed E-state index contributed by atoms with van der Waals surface area (Å²) in [5.41, 5.74) is 3.73. The van der Waals surface area contributed by atoms with Crippen LogP contribution in [0.15, 0.2) is 42.6 Å². The molecule has 5 rings (SSSR count). The molecule has 8 nitrogen and oxygen atoms in total. The second-order valence-electron chi connectivity index (χ2n) is 7.92. The highest BCUT2D eigenvalue weighted by molar-refractivity contribution is 5.60. The molecule has 3 aromatic rings. The molecule has 8 heteroatoms. The van der Waals surface area contributed by atoms with Gasteiger partial charge in [0.05, 0.1) is 30.7 Å². The fraction of sp³-hybridized carbons (Fsp3) is 0.435. The van der Waals surface area contributed by atoms with Crippen molar-refractivity contribution in [1.29, 1.82) is 0 Å². The first-order valence-electron chi connectivity index (χ1n) is 10.8. The van der Waals surface area contributed by atoms with Crippen LogP contribution in [0.2, 0.25) is 0 Å². The van der Waals surface area contributed by atoms with Crippen LogP contribution in [0.5, 0.6) is 6.01 Å². The largest absolute Gasteiger partial charge is 0.461 e. The predicted molar refractivity (Wildman–Crippen MR) is 117 cm³/mol. The lowest BCUT2D eigenvalue weighted by atomic mass is 10.2. The normalized spacial score (nSPS) is 19.0. The average molecular weight is 422 g/mol.